The molecule has 0 radical (unpaired) electrons. The van der Waals surface area contributed by atoms with Crippen LogP contribution in [0, 0.1) is 0 Å². The molecule has 80 valence electrons. The van der Waals surface area contributed by atoms with Gasteiger partial charge in [0.15, 0.2) is 0 Å². The molecule has 1 atom stereocenters. The molecular formula is C12H27N. The summed E-state index contributed by atoms with van der Waals surface area (Å²) in [5.74, 6) is 0. The topological polar surface area (TPSA) is 12.0 Å². The summed E-state index contributed by atoms with van der Waals surface area (Å²) in [4.78, 5) is 0. The van der Waals surface area contributed by atoms with E-state index in [-0.39, 0.29) is 0 Å². The average molecular weight is 185 g/mol. The molecule has 1 nitrogen and oxygen atoms in total. The highest BCUT2D eigenvalue weighted by atomic mass is 15.0. The predicted octanol–water partition coefficient (Wildman–Crippen LogP) is 3.73. The fraction of sp³-hybridized carbons (Fsp3) is 1.00. The molecule has 1 unspecified atom stereocenters. The second-order valence-electron chi connectivity index (χ2n) is 4.71. The second kappa shape index (κ2) is 6.42. The highest BCUT2D eigenvalue weighted by Gasteiger charge is 2.22. The van der Waals surface area contributed by atoms with Crippen LogP contribution in [0.4, 0.5) is 0 Å². The molecule has 0 saturated carbocycles. The average Bonchev–Trinajstić information content (AvgIpc) is 2.00. The van der Waals surface area contributed by atoms with Crippen molar-refractivity contribution in [2.24, 2.45) is 0 Å². The fourth-order valence-electron chi connectivity index (χ4n) is 2.08. The van der Waals surface area contributed by atoms with E-state index in [4.69, 9.17) is 0 Å². The lowest BCUT2D eigenvalue weighted by molar-refractivity contribution is 0.275. The summed E-state index contributed by atoms with van der Waals surface area (Å²) in [6, 6.07) is 0.605. The molecule has 0 aliphatic rings. The van der Waals surface area contributed by atoms with Gasteiger partial charge in [0.1, 0.15) is 0 Å². The Labute approximate surface area is 84.3 Å². The number of unbranched alkanes of at least 4 members (excludes halogenated alkanes) is 1. The van der Waals surface area contributed by atoms with Crippen LogP contribution in [0.3, 0.4) is 0 Å². The lowest BCUT2D eigenvalue weighted by Crippen LogP contribution is -2.45. The molecule has 0 fully saturated rings. The van der Waals surface area contributed by atoms with Gasteiger partial charge in [-0.2, -0.15) is 0 Å². The van der Waals surface area contributed by atoms with E-state index in [1.54, 1.807) is 0 Å². The standard InChI is InChI=1S/C12H27N/c1-6-8-10-12(5,9-7-2)13-11(3)4/h11,13H,6-10H2,1-5H3. The van der Waals surface area contributed by atoms with E-state index in [1.807, 2.05) is 0 Å². The molecule has 0 aromatic rings. The highest BCUT2D eigenvalue weighted by molar-refractivity contribution is 4.83. The molecule has 0 aliphatic heterocycles. The van der Waals surface area contributed by atoms with Gasteiger partial charge < -0.3 is 5.32 Å². The molecule has 1 heteroatoms. The summed E-state index contributed by atoms with van der Waals surface area (Å²) in [5.41, 5.74) is 0.374. The Bertz CT molecular complexity index is 120. The van der Waals surface area contributed by atoms with Gasteiger partial charge in [-0.15, -0.1) is 0 Å². The number of hydrogen-bond acceptors (Lipinski definition) is 1. The van der Waals surface area contributed by atoms with Crippen molar-refractivity contribution in [3.8, 4) is 0 Å². The molecule has 0 amide bonds. The van der Waals surface area contributed by atoms with Crippen molar-refractivity contribution in [2.75, 3.05) is 0 Å². The van der Waals surface area contributed by atoms with Crippen LogP contribution in [0.5, 0.6) is 0 Å². The molecule has 0 aromatic carbocycles. The highest BCUT2D eigenvalue weighted by Crippen LogP contribution is 2.20. The molecule has 0 heterocycles. The maximum Gasteiger partial charge on any atom is 0.0155 e. The zero-order valence-corrected chi connectivity index (χ0v) is 10.1. The second-order valence-corrected chi connectivity index (χ2v) is 4.71. The first-order valence-corrected chi connectivity index (χ1v) is 5.81. The summed E-state index contributed by atoms with van der Waals surface area (Å²) in [6.07, 6.45) is 6.54. The Balaban J connectivity index is 3.99. The zero-order valence-electron chi connectivity index (χ0n) is 10.1. The van der Waals surface area contributed by atoms with Gasteiger partial charge in [-0.05, 0) is 19.8 Å². The minimum atomic E-state index is 0.374. The van der Waals surface area contributed by atoms with E-state index >= 15 is 0 Å². The van der Waals surface area contributed by atoms with Crippen molar-refractivity contribution >= 4 is 0 Å². The van der Waals surface area contributed by atoms with Gasteiger partial charge in [0.05, 0.1) is 0 Å². The van der Waals surface area contributed by atoms with Gasteiger partial charge in [-0.3, -0.25) is 0 Å². The summed E-state index contributed by atoms with van der Waals surface area (Å²) in [7, 11) is 0. The quantitative estimate of drug-likeness (QED) is 0.637. The van der Waals surface area contributed by atoms with Gasteiger partial charge in [-0.1, -0.05) is 47.0 Å². The minimum Gasteiger partial charge on any atom is -0.309 e. The molecule has 0 rings (SSSR count). The fourth-order valence-corrected chi connectivity index (χ4v) is 2.08. The lowest BCUT2D eigenvalue weighted by atomic mass is 9.89. The maximum absolute atomic E-state index is 3.69. The Morgan fingerprint density at radius 3 is 2.08 bits per heavy atom. The Morgan fingerprint density at radius 2 is 1.69 bits per heavy atom. The normalized spacial score (nSPS) is 16.2. The SMILES string of the molecule is CCCCC(C)(CCC)NC(C)C. The first-order chi connectivity index (χ1) is 6.04. The van der Waals surface area contributed by atoms with Crippen molar-refractivity contribution in [1.29, 1.82) is 0 Å². The third kappa shape index (κ3) is 6.09. The third-order valence-electron chi connectivity index (χ3n) is 2.52. The number of nitrogens with one attached hydrogen (secondary N) is 1. The molecule has 13 heavy (non-hydrogen) atoms. The molecule has 0 aliphatic carbocycles. The van der Waals surface area contributed by atoms with E-state index in [9.17, 15) is 0 Å². The van der Waals surface area contributed by atoms with Gasteiger partial charge in [0, 0.05) is 11.6 Å². The predicted molar refractivity (Wildman–Crippen MR) is 61.1 cm³/mol. The van der Waals surface area contributed by atoms with Crippen LogP contribution >= 0.6 is 0 Å². The van der Waals surface area contributed by atoms with Crippen LogP contribution in [0.1, 0.15) is 66.7 Å². The van der Waals surface area contributed by atoms with E-state index in [0.717, 1.165) is 0 Å². The molecule has 0 spiro atoms. The summed E-state index contributed by atoms with van der Waals surface area (Å²) >= 11 is 0. The van der Waals surface area contributed by atoms with Crippen LogP contribution in [-0.4, -0.2) is 11.6 Å². The number of rotatable bonds is 7. The largest absolute Gasteiger partial charge is 0.309 e. The van der Waals surface area contributed by atoms with E-state index in [2.05, 4.69) is 39.9 Å². The smallest absolute Gasteiger partial charge is 0.0155 e. The molecule has 1 N–H and O–H groups in total. The van der Waals surface area contributed by atoms with Crippen molar-refractivity contribution in [2.45, 2.75) is 78.3 Å². The summed E-state index contributed by atoms with van der Waals surface area (Å²) < 4.78 is 0. The Hall–Kier alpha value is -0.0400. The number of hydrogen-bond donors (Lipinski definition) is 1. The first-order valence-electron chi connectivity index (χ1n) is 5.81. The minimum absolute atomic E-state index is 0.374. The zero-order chi connectivity index (χ0) is 10.3. The Kier molecular flexibility index (Phi) is 6.40. The Morgan fingerprint density at radius 1 is 1.08 bits per heavy atom. The maximum atomic E-state index is 3.69. The van der Waals surface area contributed by atoms with Crippen molar-refractivity contribution < 1.29 is 0 Å². The molecule has 0 bridgehead atoms. The van der Waals surface area contributed by atoms with Crippen LogP contribution < -0.4 is 5.32 Å². The van der Waals surface area contributed by atoms with Crippen LogP contribution in [0.15, 0.2) is 0 Å². The summed E-state index contributed by atoms with van der Waals surface area (Å²) in [5, 5.41) is 3.69. The van der Waals surface area contributed by atoms with E-state index in [0.29, 0.717) is 11.6 Å². The van der Waals surface area contributed by atoms with E-state index in [1.165, 1.54) is 32.1 Å². The van der Waals surface area contributed by atoms with Crippen LogP contribution in [0.25, 0.3) is 0 Å². The lowest BCUT2D eigenvalue weighted by Gasteiger charge is -2.33. The van der Waals surface area contributed by atoms with E-state index < -0.39 is 0 Å². The first kappa shape index (κ1) is 13.0. The van der Waals surface area contributed by atoms with Crippen molar-refractivity contribution in [3.63, 3.8) is 0 Å². The van der Waals surface area contributed by atoms with Crippen LogP contribution in [0.2, 0.25) is 0 Å². The van der Waals surface area contributed by atoms with Crippen LogP contribution in [-0.2, 0) is 0 Å². The van der Waals surface area contributed by atoms with Gasteiger partial charge in [-0.25, -0.2) is 0 Å². The third-order valence-corrected chi connectivity index (χ3v) is 2.52. The molecule has 0 aromatic heterocycles. The summed E-state index contributed by atoms with van der Waals surface area (Å²) in [6.45, 7) is 11.4. The monoisotopic (exact) mass is 185 g/mol. The molecule has 0 saturated heterocycles. The van der Waals surface area contributed by atoms with Gasteiger partial charge >= 0.3 is 0 Å². The van der Waals surface area contributed by atoms with Crippen molar-refractivity contribution in [1.82, 2.24) is 5.32 Å². The van der Waals surface area contributed by atoms with Crippen molar-refractivity contribution in [3.05, 3.63) is 0 Å². The molecular weight excluding hydrogens is 158 g/mol. The van der Waals surface area contributed by atoms with Gasteiger partial charge in [0.2, 0.25) is 0 Å². The van der Waals surface area contributed by atoms with Gasteiger partial charge in [0.25, 0.3) is 0 Å².